The summed E-state index contributed by atoms with van der Waals surface area (Å²) in [6.45, 7) is 3.70. The summed E-state index contributed by atoms with van der Waals surface area (Å²) in [5.41, 5.74) is 2.05. The molecule has 1 fully saturated rings. The molecule has 1 aliphatic heterocycles. The van der Waals surface area contributed by atoms with Crippen molar-refractivity contribution in [2.45, 2.75) is 6.42 Å². The molecule has 0 saturated carbocycles. The lowest BCUT2D eigenvalue weighted by atomic mass is 10.2. The van der Waals surface area contributed by atoms with Gasteiger partial charge in [-0.3, -0.25) is 4.79 Å². The van der Waals surface area contributed by atoms with Gasteiger partial charge in [-0.1, -0.05) is 18.2 Å². The van der Waals surface area contributed by atoms with Gasteiger partial charge in [0, 0.05) is 50.9 Å². The molecule has 2 aromatic carbocycles. The molecule has 1 amide bonds. The summed E-state index contributed by atoms with van der Waals surface area (Å²) in [6, 6.07) is 15.7. The molecule has 1 N–H and O–H groups in total. The van der Waals surface area contributed by atoms with Crippen molar-refractivity contribution in [2.24, 2.45) is 0 Å². The van der Waals surface area contributed by atoms with Gasteiger partial charge in [-0.25, -0.2) is 0 Å². The van der Waals surface area contributed by atoms with E-state index in [1.807, 2.05) is 47.4 Å². The van der Waals surface area contributed by atoms with E-state index >= 15 is 0 Å². The maximum absolute atomic E-state index is 12.5. The molecule has 3 rings (SSSR count). The molecular weight excluding hydrogens is 342 g/mol. The normalized spacial score (nSPS) is 14.0. The summed E-state index contributed by atoms with van der Waals surface area (Å²) in [5, 5.41) is 3.28. The molecular formula is C21H27N3O3. The lowest BCUT2D eigenvalue weighted by molar-refractivity contribution is -0.131. The standard InChI is InChI=1S/C21H27N3O3/c1-26-18-7-5-6-17(16-18)22-11-10-21(25)24-14-12-23(13-15-24)19-8-3-4-9-20(19)27-2/h3-9,16,22H,10-15H2,1-2H3. The SMILES string of the molecule is COc1cccc(NCCC(=O)N2CCN(c3ccccc3OC)CC2)c1. The van der Waals surface area contributed by atoms with E-state index in [1.165, 1.54) is 0 Å². The number of amides is 1. The first-order valence-electron chi connectivity index (χ1n) is 9.25. The number of anilines is 2. The fourth-order valence-corrected chi connectivity index (χ4v) is 3.29. The molecule has 2 aromatic rings. The Morgan fingerprint density at radius 3 is 2.52 bits per heavy atom. The summed E-state index contributed by atoms with van der Waals surface area (Å²) >= 11 is 0. The molecule has 0 bridgehead atoms. The van der Waals surface area contributed by atoms with Gasteiger partial charge in [0.05, 0.1) is 19.9 Å². The quantitative estimate of drug-likeness (QED) is 0.813. The third-order valence-corrected chi connectivity index (χ3v) is 4.80. The van der Waals surface area contributed by atoms with Gasteiger partial charge in [-0.15, -0.1) is 0 Å². The van der Waals surface area contributed by atoms with Crippen LogP contribution in [0.25, 0.3) is 0 Å². The molecule has 27 heavy (non-hydrogen) atoms. The van der Waals surface area contributed by atoms with E-state index in [1.54, 1.807) is 14.2 Å². The monoisotopic (exact) mass is 369 g/mol. The van der Waals surface area contributed by atoms with Gasteiger partial charge in [0.25, 0.3) is 0 Å². The summed E-state index contributed by atoms with van der Waals surface area (Å²) < 4.78 is 10.7. The third kappa shape index (κ3) is 4.84. The molecule has 1 saturated heterocycles. The minimum Gasteiger partial charge on any atom is -0.497 e. The van der Waals surface area contributed by atoms with Crippen LogP contribution in [0.3, 0.4) is 0 Å². The van der Waals surface area contributed by atoms with Gasteiger partial charge in [-0.05, 0) is 24.3 Å². The van der Waals surface area contributed by atoms with E-state index in [0.717, 1.165) is 49.1 Å². The average molecular weight is 369 g/mol. The number of carbonyl (C=O) groups is 1. The predicted octanol–water partition coefficient (Wildman–Crippen LogP) is 2.85. The summed E-state index contributed by atoms with van der Waals surface area (Å²) in [5.74, 6) is 1.86. The highest BCUT2D eigenvalue weighted by atomic mass is 16.5. The third-order valence-electron chi connectivity index (χ3n) is 4.80. The maximum atomic E-state index is 12.5. The summed E-state index contributed by atoms with van der Waals surface area (Å²) in [4.78, 5) is 16.7. The van der Waals surface area contributed by atoms with Crippen LogP contribution >= 0.6 is 0 Å². The van der Waals surface area contributed by atoms with Crippen molar-refractivity contribution in [3.05, 3.63) is 48.5 Å². The van der Waals surface area contributed by atoms with Crippen LogP contribution in [0.1, 0.15) is 6.42 Å². The van der Waals surface area contributed by atoms with Gasteiger partial charge >= 0.3 is 0 Å². The lowest BCUT2D eigenvalue weighted by Gasteiger charge is -2.36. The van der Waals surface area contributed by atoms with Crippen LogP contribution in [0.4, 0.5) is 11.4 Å². The molecule has 0 atom stereocenters. The van der Waals surface area contributed by atoms with E-state index in [-0.39, 0.29) is 5.91 Å². The van der Waals surface area contributed by atoms with E-state index in [0.29, 0.717) is 13.0 Å². The van der Waals surface area contributed by atoms with Gasteiger partial charge in [0.15, 0.2) is 0 Å². The Bertz CT molecular complexity index is 758. The number of para-hydroxylation sites is 2. The van der Waals surface area contributed by atoms with Crippen molar-refractivity contribution >= 4 is 17.3 Å². The van der Waals surface area contributed by atoms with Crippen molar-refractivity contribution in [3.63, 3.8) is 0 Å². The molecule has 1 heterocycles. The predicted molar refractivity (Wildman–Crippen MR) is 108 cm³/mol. The molecule has 0 unspecified atom stereocenters. The number of carbonyl (C=O) groups excluding carboxylic acids is 1. The van der Waals surface area contributed by atoms with Crippen LogP contribution in [-0.2, 0) is 4.79 Å². The number of nitrogens with zero attached hydrogens (tertiary/aromatic N) is 2. The smallest absolute Gasteiger partial charge is 0.224 e. The molecule has 0 radical (unpaired) electrons. The summed E-state index contributed by atoms with van der Waals surface area (Å²) in [6.07, 6.45) is 0.478. The van der Waals surface area contributed by atoms with Crippen LogP contribution in [0.15, 0.2) is 48.5 Å². The first-order valence-corrected chi connectivity index (χ1v) is 9.25. The largest absolute Gasteiger partial charge is 0.497 e. The Morgan fingerprint density at radius 2 is 1.78 bits per heavy atom. The van der Waals surface area contributed by atoms with Gasteiger partial charge in [0.1, 0.15) is 11.5 Å². The number of benzene rings is 2. The van der Waals surface area contributed by atoms with E-state index in [2.05, 4.69) is 16.3 Å². The minimum atomic E-state index is 0.185. The van der Waals surface area contributed by atoms with E-state index < -0.39 is 0 Å². The van der Waals surface area contributed by atoms with Crippen molar-refractivity contribution in [2.75, 3.05) is 57.2 Å². The second-order valence-electron chi connectivity index (χ2n) is 6.45. The number of nitrogens with one attached hydrogen (secondary N) is 1. The van der Waals surface area contributed by atoms with Gasteiger partial charge in [0.2, 0.25) is 5.91 Å². The minimum absolute atomic E-state index is 0.185. The molecule has 0 spiro atoms. The Balaban J connectivity index is 1.45. The Kier molecular flexibility index (Phi) is 6.41. The molecule has 0 aromatic heterocycles. The Morgan fingerprint density at radius 1 is 1.00 bits per heavy atom. The topological polar surface area (TPSA) is 54.0 Å². The highest BCUT2D eigenvalue weighted by Crippen LogP contribution is 2.28. The molecule has 0 aliphatic carbocycles. The number of ether oxygens (including phenoxy) is 2. The first kappa shape index (κ1) is 18.9. The number of methoxy groups -OCH3 is 2. The zero-order valence-corrected chi connectivity index (χ0v) is 16.0. The zero-order chi connectivity index (χ0) is 19.1. The Labute approximate surface area is 160 Å². The van der Waals surface area contributed by atoms with E-state index in [4.69, 9.17) is 9.47 Å². The second-order valence-corrected chi connectivity index (χ2v) is 6.45. The van der Waals surface area contributed by atoms with Crippen molar-refractivity contribution in [1.82, 2.24) is 4.90 Å². The van der Waals surface area contributed by atoms with Crippen LogP contribution in [0.2, 0.25) is 0 Å². The van der Waals surface area contributed by atoms with Crippen LogP contribution in [0.5, 0.6) is 11.5 Å². The molecule has 6 nitrogen and oxygen atoms in total. The first-order chi connectivity index (χ1) is 13.2. The fraction of sp³-hybridized carbons (Fsp3) is 0.381. The number of rotatable bonds is 7. The lowest BCUT2D eigenvalue weighted by Crippen LogP contribution is -2.49. The number of piperazine rings is 1. The van der Waals surface area contributed by atoms with E-state index in [9.17, 15) is 4.79 Å². The molecule has 1 aliphatic rings. The summed E-state index contributed by atoms with van der Waals surface area (Å²) in [7, 11) is 3.33. The van der Waals surface area contributed by atoms with Gasteiger partial charge in [-0.2, -0.15) is 0 Å². The van der Waals surface area contributed by atoms with Crippen molar-refractivity contribution in [3.8, 4) is 11.5 Å². The zero-order valence-electron chi connectivity index (χ0n) is 16.0. The van der Waals surface area contributed by atoms with Crippen LogP contribution in [-0.4, -0.2) is 57.8 Å². The highest BCUT2D eigenvalue weighted by Gasteiger charge is 2.22. The van der Waals surface area contributed by atoms with Crippen molar-refractivity contribution < 1.29 is 14.3 Å². The number of hydrogen-bond acceptors (Lipinski definition) is 5. The van der Waals surface area contributed by atoms with Crippen molar-refractivity contribution in [1.29, 1.82) is 0 Å². The molecule has 6 heteroatoms. The van der Waals surface area contributed by atoms with Crippen LogP contribution < -0.4 is 19.7 Å². The number of hydrogen-bond donors (Lipinski definition) is 1. The van der Waals surface area contributed by atoms with Crippen LogP contribution in [0, 0.1) is 0 Å². The highest BCUT2D eigenvalue weighted by molar-refractivity contribution is 5.77. The maximum Gasteiger partial charge on any atom is 0.224 e. The second kappa shape index (κ2) is 9.16. The Hall–Kier alpha value is -2.89. The fourth-order valence-electron chi connectivity index (χ4n) is 3.29. The molecule has 144 valence electrons. The average Bonchev–Trinajstić information content (AvgIpc) is 2.74. The van der Waals surface area contributed by atoms with Gasteiger partial charge < -0.3 is 24.6 Å².